The zero-order chi connectivity index (χ0) is 19.5. The van der Waals surface area contributed by atoms with Crippen LogP contribution in [0.3, 0.4) is 0 Å². The number of hydrogen-bond donors (Lipinski definition) is 1. The molecule has 0 atom stereocenters. The van der Waals surface area contributed by atoms with Crippen molar-refractivity contribution in [3.8, 4) is 11.5 Å². The van der Waals surface area contributed by atoms with Crippen LogP contribution in [0.5, 0.6) is 11.5 Å². The number of methoxy groups -OCH3 is 1. The SMILES string of the molecule is CCCCCCCCCc1ccc(C(=O)CCc2ccc(O)c(OC)c2)o1. The first-order valence-electron chi connectivity index (χ1n) is 10.1. The summed E-state index contributed by atoms with van der Waals surface area (Å²) in [4.78, 5) is 12.4. The van der Waals surface area contributed by atoms with E-state index in [9.17, 15) is 9.90 Å². The zero-order valence-electron chi connectivity index (χ0n) is 16.6. The maximum Gasteiger partial charge on any atom is 0.198 e. The largest absolute Gasteiger partial charge is 0.504 e. The number of Topliss-reactive ketones (excluding diaryl/α,β-unsaturated/α-hetero) is 1. The lowest BCUT2D eigenvalue weighted by molar-refractivity contribution is 0.0954. The van der Waals surface area contributed by atoms with E-state index in [0.29, 0.717) is 24.4 Å². The predicted molar refractivity (Wildman–Crippen MR) is 108 cm³/mol. The number of furan rings is 1. The molecule has 0 unspecified atom stereocenters. The molecule has 1 N–H and O–H groups in total. The second-order valence-corrected chi connectivity index (χ2v) is 7.07. The molecule has 0 aliphatic carbocycles. The number of ether oxygens (including phenoxy) is 1. The number of unbranched alkanes of at least 4 members (excludes halogenated alkanes) is 6. The van der Waals surface area contributed by atoms with E-state index in [0.717, 1.165) is 24.2 Å². The first kappa shape index (κ1) is 21.1. The summed E-state index contributed by atoms with van der Waals surface area (Å²) >= 11 is 0. The van der Waals surface area contributed by atoms with E-state index < -0.39 is 0 Å². The van der Waals surface area contributed by atoms with E-state index in [-0.39, 0.29) is 11.5 Å². The third kappa shape index (κ3) is 7.12. The van der Waals surface area contributed by atoms with Crippen molar-refractivity contribution in [1.82, 2.24) is 0 Å². The Morgan fingerprint density at radius 3 is 2.48 bits per heavy atom. The second kappa shape index (κ2) is 11.5. The van der Waals surface area contributed by atoms with Gasteiger partial charge in [-0.1, -0.05) is 51.5 Å². The van der Waals surface area contributed by atoms with Gasteiger partial charge in [0.25, 0.3) is 0 Å². The monoisotopic (exact) mass is 372 g/mol. The number of ketones is 1. The molecule has 0 spiro atoms. The van der Waals surface area contributed by atoms with Gasteiger partial charge >= 0.3 is 0 Å². The Bertz CT molecular complexity index is 702. The molecular weight excluding hydrogens is 340 g/mol. The Balaban J connectivity index is 1.73. The maximum atomic E-state index is 12.4. The highest BCUT2D eigenvalue weighted by Crippen LogP contribution is 2.27. The molecule has 0 saturated heterocycles. The molecule has 148 valence electrons. The van der Waals surface area contributed by atoms with Crippen LogP contribution in [-0.4, -0.2) is 18.0 Å². The number of rotatable bonds is 13. The summed E-state index contributed by atoms with van der Waals surface area (Å²) in [5, 5.41) is 9.63. The molecule has 4 heteroatoms. The van der Waals surface area contributed by atoms with Gasteiger partial charge in [-0.05, 0) is 42.7 Å². The van der Waals surface area contributed by atoms with Gasteiger partial charge in [0.05, 0.1) is 7.11 Å². The molecule has 0 aliphatic rings. The summed E-state index contributed by atoms with van der Waals surface area (Å²) in [6.45, 7) is 2.23. The molecule has 2 aromatic rings. The van der Waals surface area contributed by atoms with E-state index >= 15 is 0 Å². The van der Waals surface area contributed by atoms with Gasteiger partial charge in [0.1, 0.15) is 5.76 Å². The van der Waals surface area contributed by atoms with Crippen LogP contribution in [0.2, 0.25) is 0 Å². The predicted octanol–water partition coefficient (Wildman–Crippen LogP) is 6.10. The van der Waals surface area contributed by atoms with Gasteiger partial charge < -0.3 is 14.3 Å². The normalized spacial score (nSPS) is 10.9. The standard InChI is InChI=1S/C23H32O4/c1-3-4-5-6-7-8-9-10-19-13-16-22(27-19)20(24)14-11-18-12-15-21(25)23(17-18)26-2/h12-13,15-17,25H,3-11,14H2,1-2H3. The number of aryl methyl sites for hydroxylation is 2. The summed E-state index contributed by atoms with van der Waals surface area (Å²) in [7, 11) is 1.51. The van der Waals surface area contributed by atoms with Gasteiger partial charge in [-0.3, -0.25) is 4.79 Å². The Labute approximate surface area is 162 Å². The van der Waals surface area contributed by atoms with Crippen LogP contribution in [-0.2, 0) is 12.8 Å². The Morgan fingerprint density at radius 1 is 1.00 bits per heavy atom. The average molecular weight is 373 g/mol. The molecule has 0 amide bonds. The summed E-state index contributed by atoms with van der Waals surface area (Å²) in [5.41, 5.74) is 0.952. The van der Waals surface area contributed by atoms with Crippen molar-refractivity contribution in [2.24, 2.45) is 0 Å². The summed E-state index contributed by atoms with van der Waals surface area (Å²) in [6, 6.07) is 8.87. The topological polar surface area (TPSA) is 59.7 Å². The minimum absolute atomic E-state index is 0.00728. The lowest BCUT2D eigenvalue weighted by Gasteiger charge is -2.06. The van der Waals surface area contributed by atoms with E-state index in [1.54, 1.807) is 24.3 Å². The lowest BCUT2D eigenvalue weighted by Crippen LogP contribution is -2.00. The van der Waals surface area contributed by atoms with Crippen LogP contribution >= 0.6 is 0 Å². The highest BCUT2D eigenvalue weighted by molar-refractivity contribution is 5.93. The van der Waals surface area contributed by atoms with Crippen molar-refractivity contribution in [2.75, 3.05) is 7.11 Å². The zero-order valence-corrected chi connectivity index (χ0v) is 16.6. The molecule has 0 radical (unpaired) electrons. The molecule has 0 aliphatic heterocycles. The quantitative estimate of drug-likeness (QED) is 0.341. The van der Waals surface area contributed by atoms with E-state index in [1.807, 2.05) is 6.07 Å². The Morgan fingerprint density at radius 2 is 1.74 bits per heavy atom. The van der Waals surface area contributed by atoms with Gasteiger partial charge in [-0.25, -0.2) is 0 Å². The molecular formula is C23H32O4. The number of carbonyl (C=O) groups excluding carboxylic acids is 1. The van der Waals surface area contributed by atoms with Crippen molar-refractivity contribution in [1.29, 1.82) is 0 Å². The van der Waals surface area contributed by atoms with E-state index in [1.165, 1.54) is 45.6 Å². The van der Waals surface area contributed by atoms with Gasteiger partial charge in [-0.2, -0.15) is 0 Å². The van der Waals surface area contributed by atoms with Crippen LogP contribution in [0.4, 0.5) is 0 Å². The molecule has 2 rings (SSSR count). The van der Waals surface area contributed by atoms with Crippen molar-refractivity contribution in [3.63, 3.8) is 0 Å². The van der Waals surface area contributed by atoms with Crippen molar-refractivity contribution >= 4 is 5.78 Å². The van der Waals surface area contributed by atoms with Gasteiger partial charge in [0.15, 0.2) is 23.0 Å². The van der Waals surface area contributed by atoms with E-state index in [2.05, 4.69) is 6.92 Å². The first-order chi connectivity index (χ1) is 13.1. The highest BCUT2D eigenvalue weighted by Gasteiger charge is 2.12. The van der Waals surface area contributed by atoms with Crippen molar-refractivity contribution < 1.29 is 19.1 Å². The molecule has 0 fully saturated rings. The summed E-state index contributed by atoms with van der Waals surface area (Å²) in [5.74, 6) is 1.88. The molecule has 0 bridgehead atoms. The highest BCUT2D eigenvalue weighted by atomic mass is 16.5. The minimum atomic E-state index is 0.00728. The number of phenols is 1. The number of phenolic OH excluding ortho intramolecular Hbond substituents is 1. The van der Waals surface area contributed by atoms with Gasteiger partial charge in [0, 0.05) is 12.8 Å². The molecule has 1 heterocycles. The average Bonchev–Trinajstić information content (AvgIpc) is 3.15. The summed E-state index contributed by atoms with van der Waals surface area (Å²) in [6.07, 6.45) is 10.7. The molecule has 4 nitrogen and oxygen atoms in total. The third-order valence-corrected chi connectivity index (χ3v) is 4.85. The van der Waals surface area contributed by atoms with Gasteiger partial charge in [-0.15, -0.1) is 0 Å². The number of aromatic hydroxyl groups is 1. The smallest absolute Gasteiger partial charge is 0.198 e. The third-order valence-electron chi connectivity index (χ3n) is 4.85. The lowest BCUT2D eigenvalue weighted by atomic mass is 10.1. The van der Waals surface area contributed by atoms with Crippen molar-refractivity contribution in [3.05, 3.63) is 47.4 Å². The number of carbonyl (C=O) groups is 1. The van der Waals surface area contributed by atoms with Crippen LogP contribution in [0.15, 0.2) is 34.7 Å². The fraction of sp³-hybridized carbons (Fsp3) is 0.522. The number of hydrogen-bond acceptors (Lipinski definition) is 4. The summed E-state index contributed by atoms with van der Waals surface area (Å²) < 4.78 is 10.8. The minimum Gasteiger partial charge on any atom is -0.504 e. The van der Waals surface area contributed by atoms with Gasteiger partial charge in [0.2, 0.25) is 0 Å². The van der Waals surface area contributed by atoms with E-state index in [4.69, 9.17) is 9.15 Å². The fourth-order valence-electron chi connectivity index (χ4n) is 3.18. The molecule has 27 heavy (non-hydrogen) atoms. The van der Waals surface area contributed by atoms with Crippen molar-refractivity contribution in [2.45, 2.75) is 71.1 Å². The Hall–Kier alpha value is -2.23. The molecule has 1 aromatic carbocycles. The maximum absolute atomic E-state index is 12.4. The van der Waals surface area contributed by atoms with Crippen LogP contribution < -0.4 is 4.74 Å². The van der Waals surface area contributed by atoms with Crippen LogP contribution in [0, 0.1) is 0 Å². The Kier molecular flexibility index (Phi) is 8.96. The fourth-order valence-corrected chi connectivity index (χ4v) is 3.18. The number of benzene rings is 1. The molecule has 1 aromatic heterocycles. The molecule has 0 saturated carbocycles. The van der Waals surface area contributed by atoms with Crippen LogP contribution in [0.25, 0.3) is 0 Å². The second-order valence-electron chi connectivity index (χ2n) is 7.07. The van der Waals surface area contributed by atoms with Crippen LogP contribution in [0.1, 0.15) is 80.2 Å². The first-order valence-corrected chi connectivity index (χ1v) is 10.1.